The molecule has 29 heavy (non-hydrogen) atoms. The van der Waals surface area contributed by atoms with Crippen molar-refractivity contribution < 1.29 is 19.1 Å². The van der Waals surface area contributed by atoms with Gasteiger partial charge in [-0.15, -0.1) is 0 Å². The van der Waals surface area contributed by atoms with E-state index < -0.39 is 24.5 Å². The second-order valence-electron chi connectivity index (χ2n) is 7.54. The van der Waals surface area contributed by atoms with Crippen LogP contribution in [0.3, 0.4) is 0 Å². The number of nitrogens with one attached hydrogen (secondary N) is 2. The van der Waals surface area contributed by atoms with Gasteiger partial charge in [0.05, 0.1) is 11.1 Å². The zero-order valence-electron chi connectivity index (χ0n) is 17.1. The van der Waals surface area contributed by atoms with Crippen LogP contribution in [0.25, 0.3) is 10.9 Å². The molecule has 0 saturated heterocycles. The summed E-state index contributed by atoms with van der Waals surface area (Å²) < 4.78 is 5.33. The van der Waals surface area contributed by atoms with Crippen molar-refractivity contribution >= 4 is 28.7 Å². The van der Waals surface area contributed by atoms with E-state index in [0.29, 0.717) is 18.0 Å². The topological polar surface area (TPSA) is 97.4 Å². The average molecular weight is 397 g/mol. The summed E-state index contributed by atoms with van der Waals surface area (Å²) in [5.74, 6) is -0.874. The van der Waals surface area contributed by atoms with Crippen LogP contribution in [-0.2, 0) is 27.2 Å². The average Bonchev–Trinajstić information content (AvgIpc) is 2.70. The second kappa shape index (κ2) is 9.03. The maximum Gasteiger partial charge on any atom is 0.339 e. The van der Waals surface area contributed by atoms with Gasteiger partial charge in [-0.25, -0.2) is 4.79 Å². The molecule has 0 spiro atoms. The number of aromatic nitrogens is 1. The van der Waals surface area contributed by atoms with Gasteiger partial charge >= 0.3 is 5.97 Å². The summed E-state index contributed by atoms with van der Waals surface area (Å²) in [6, 6.07) is 6.79. The monoisotopic (exact) mass is 397 g/mol. The molecule has 7 heteroatoms. The molecule has 2 amide bonds. The fourth-order valence-electron chi connectivity index (χ4n) is 3.68. The van der Waals surface area contributed by atoms with Crippen LogP contribution in [0.4, 0.5) is 0 Å². The van der Waals surface area contributed by atoms with Crippen molar-refractivity contribution in [3.63, 3.8) is 0 Å². The lowest BCUT2D eigenvalue weighted by Gasteiger charge is -2.24. The molecule has 0 fully saturated rings. The highest BCUT2D eigenvalue weighted by molar-refractivity contribution is 6.05. The Labute approximate surface area is 170 Å². The van der Waals surface area contributed by atoms with Crippen molar-refractivity contribution in [3.05, 3.63) is 41.1 Å². The Hall–Kier alpha value is -2.96. The van der Waals surface area contributed by atoms with Gasteiger partial charge < -0.3 is 15.4 Å². The van der Waals surface area contributed by atoms with Crippen molar-refractivity contribution in [2.45, 2.75) is 46.1 Å². The third kappa shape index (κ3) is 4.72. The molecule has 1 aliphatic rings. The lowest BCUT2D eigenvalue weighted by Crippen LogP contribution is -2.46. The largest absolute Gasteiger partial charge is 0.452 e. The number of hydrogen-bond acceptors (Lipinski definition) is 5. The molecule has 0 radical (unpaired) electrons. The van der Waals surface area contributed by atoms with E-state index in [1.807, 2.05) is 24.3 Å². The third-order valence-corrected chi connectivity index (χ3v) is 5.17. The number of pyridine rings is 1. The van der Waals surface area contributed by atoms with Crippen LogP contribution in [0.1, 0.15) is 48.8 Å². The number of ether oxygens (including phenoxy) is 1. The molecule has 2 N–H and O–H groups in total. The minimum absolute atomic E-state index is 0.282. The first-order chi connectivity index (χ1) is 13.9. The van der Waals surface area contributed by atoms with Gasteiger partial charge in [0.25, 0.3) is 5.91 Å². The highest BCUT2D eigenvalue weighted by Crippen LogP contribution is 2.31. The molecule has 1 aromatic heterocycles. The summed E-state index contributed by atoms with van der Waals surface area (Å²) in [4.78, 5) is 41.5. The maximum absolute atomic E-state index is 13.0. The number of rotatable bonds is 6. The van der Waals surface area contributed by atoms with Crippen LogP contribution in [0.15, 0.2) is 24.3 Å². The molecule has 1 aromatic carbocycles. The van der Waals surface area contributed by atoms with E-state index in [9.17, 15) is 14.4 Å². The summed E-state index contributed by atoms with van der Waals surface area (Å²) in [7, 11) is 0. The van der Waals surface area contributed by atoms with Gasteiger partial charge in [0.2, 0.25) is 5.91 Å². The fraction of sp³-hybridized carbons (Fsp3) is 0.455. The van der Waals surface area contributed by atoms with Gasteiger partial charge in [0.1, 0.15) is 6.04 Å². The number of fused-ring (bicyclic) bond motifs is 2. The first-order valence-corrected chi connectivity index (χ1v) is 10.0. The molecule has 0 aliphatic heterocycles. The number of benzene rings is 1. The maximum atomic E-state index is 13.0. The van der Waals surface area contributed by atoms with E-state index >= 15 is 0 Å². The van der Waals surface area contributed by atoms with Crippen molar-refractivity contribution in [3.8, 4) is 0 Å². The minimum atomic E-state index is -0.698. The number of para-hydroxylation sites is 1. The summed E-state index contributed by atoms with van der Waals surface area (Å²) in [5, 5.41) is 5.91. The Bertz CT molecular complexity index is 941. The van der Waals surface area contributed by atoms with Crippen LogP contribution in [0.5, 0.6) is 0 Å². The zero-order valence-corrected chi connectivity index (χ0v) is 17.1. The van der Waals surface area contributed by atoms with Gasteiger partial charge in [-0.3, -0.25) is 14.6 Å². The standard InChI is InChI=1S/C22H27N3O4/c1-4-23-21(27)14(3)24-19(26)12-29-22(28)20-15-7-5-6-8-17(15)25-18-10-9-13(2)11-16(18)20/h5-8,13-14H,4,9-12H2,1-3H3,(H,23,27)(H,24,26)/t13-,14-/m0/s1. The van der Waals surface area contributed by atoms with Crippen LogP contribution in [0, 0.1) is 5.92 Å². The Kier molecular flexibility index (Phi) is 6.46. The highest BCUT2D eigenvalue weighted by atomic mass is 16.5. The quantitative estimate of drug-likeness (QED) is 0.728. The molecule has 3 rings (SSSR count). The molecular formula is C22H27N3O4. The zero-order chi connectivity index (χ0) is 21.0. The summed E-state index contributed by atoms with van der Waals surface area (Å²) >= 11 is 0. The molecule has 0 saturated carbocycles. The second-order valence-corrected chi connectivity index (χ2v) is 7.54. The van der Waals surface area contributed by atoms with E-state index in [1.165, 1.54) is 0 Å². The number of carbonyl (C=O) groups is 3. The summed E-state index contributed by atoms with van der Waals surface area (Å²) in [6.07, 6.45) is 2.62. The molecular weight excluding hydrogens is 370 g/mol. The molecule has 0 unspecified atom stereocenters. The van der Waals surface area contributed by atoms with Crippen LogP contribution in [0.2, 0.25) is 0 Å². The molecule has 2 aromatic rings. The van der Waals surface area contributed by atoms with Gasteiger partial charge in [0, 0.05) is 17.6 Å². The Morgan fingerprint density at radius 2 is 2.03 bits per heavy atom. The Morgan fingerprint density at radius 3 is 2.79 bits per heavy atom. The molecule has 2 atom stereocenters. The number of amides is 2. The smallest absolute Gasteiger partial charge is 0.339 e. The number of likely N-dealkylation sites (N-methyl/N-ethyl adjacent to an activating group) is 1. The lowest BCUT2D eigenvalue weighted by molar-refractivity contribution is -0.130. The van der Waals surface area contributed by atoms with Gasteiger partial charge in [-0.2, -0.15) is 0 Å². The molecule has 1 aliphatic carbocycles. The van der Waals surface area contributed by atoms with E-state index in [1.54, 1.807) is 13.8 Å². The normalized spacial score (nSPS) is 16.6. The van der Waals surface area contributed by atoms with Crippen molar-refractivity contribution in [1.29, 1.82) is 0 Å². The predicted molar refractivity (Wildman–Crippen MR) is 110 cm³/mol. The number of nitrogens with zero attached hydrogens (tertiary/aromatic N) is 1. The van der Waals surface area contributed by atoms with E-state index in [2.05, 4.69) is 17.6 Å². The van der Waals surface area contributed by atoms with Gasteiger partial charge in [0.15, 0.2) is 6.61 Å². The lowest BCUT2D eigenvalue weighted by atomic mass is 9.84. The predicted octanol–water partition coefficient (Wildman–Crippen LogP) is 2.16. The number of aryl methyl sites for hydroxylation is 1. The number of carbonyl (C=O) groups excluding carboxylic acids is 3. The van der Waals surface area contributed by atoms with Crippen LogP contribution < -0.4 is 10.6 Å². The van der Waals surface area contributed by atoms with E-state index in [4.69, 9.17) is 9.72 Å². The summed E-state index contributed by atoms with van der Waals surface area (Å²) in [6.45, 7) is 5.58. The van der Waals surface area contributed by atoms with Crippen molar-refractivity contribution in [1.82, 2.24) is 15.6 Å². The molecule has 7 nitrogen and oxygen atoms in total. The fourth-order valence-corrected chi connectivity index (χ4v) is 3.68. The van der Waals surface area contributed by atoms with Gasteiger partial charge in [-0.05, 0) is 50.7 Å². The summed E-state index contributed by atoms with van der Waals surface area (Å²) in [5.41, 5.74) is 3.11. The highest BCUT2D eigenvalue weighted by Gasteiger charge is 2.26. The van der Waals surface area contributed by atoms with Crippen molar-refractivity contribution in [2.24, 2.45) is 5.92 Å². The van der Waals surface area contributed by atoms with Gasteiger partial charge in [-0.1, -0.05) is 25.1 Å². The number of esters is 1. The first-order valence-electron chi connectivity index (χ1n) is 10.0. The minimum Gasteiger partial charge on any atom is -0.452 e. The number of hydrogen-bond donors (Lipinski definition) is 2. The Balaban J connectivity index is 1.78. The van der Waals surface area contributed by atoms with E-state index in [-0.39, 0.29) is 5.91 Å². The Morgan fingerprint density at radius 1 is 1.28 bits per heavy atom. The van der Waals surface area contributed by atoms with Crippen LogP contribution in [-0.4, -0.2) is 42.0 Å². The van der Waals surface area contributed by atoms with E-state index in [0.717, 1.165) is 41.4 Å². The molecule has 0 bridgehead atoms. The van der Waals surface area contributed by atoms with Crippen LogP contribution >= 0.6 is 0 Å². The first kappa shape index (κ1) is 20.8. The molecule has 154 valence electrons. The SMILES string of the molecule is CCNC(=O)[C@H](C)NC(=O)COC(=O)c1c2c(nc3ccccc13)CC[C@H](C)C2. The molecule has 1 heterocycles. The van der Waals surface area contributed by atoms with Crippen molar-refractivity contribution in [2.75, 3.05) is 13.2 Å². The third-order valence-electron chi connectivity index (χ3n) is 5.17.